The van der Waals surface area contributed by atoms with Gasteiger partial charge in [0.15, 0.2) is 6.29 Å². The highest BCUT2D eigenvalue weighted by Crippen LogP contribution is 2.20. The van der Waals surface area contributed by atoms with Crippen LogP contribution in [-0.4, -0.2) is 60.1 Å². The molecular formula is C13H22N4O. The number of carbonyl (C=O) groups excluding carboxylic acids is 1. The molecule has 0 N–H and O–H groups in total. The molecule has 1 aromatic heterocycles. The van der Waals surface area contributed by atoms with Crippen LogP contribution >= 0.6 is 0 Å². The van der Waals surface area contributed by atoms with E-state index in [1.807, 2.05) is 4.68 Å². The number of aromatic nitrogens is 2. The number of hydrogen-bond acceptors (Lipinski definition) is 4. The standard InChI is InChI=1S/C13H22N4O/c1-15(2)6-4-7-17-13(10-18)11-9-16(3)8-5-12(11)14-17/h10H,4-9H2,1-3H3. The second-order valence-electron chi connectivity index (χ2n) is 5.30. The number of rotatable bonds is 5. The van der Waals surface area contributed by atoms with Crippen molar-refractivity contribution >= 4 is 6.29 Å². The van der Waals surface area contributed by atoms with Crippen LogP contribution in [0, 0.1) is 0 Å². The molecule has 1 aliphatic rings. The van der Waals surface area contributed by atoms with Gasteiger partial charge in [0, 0.05) is 31.6 Å². The van der Waals surface area contributed by atoms with Crippen LogP contribution in [0.1, 0.15) is 28.2 Å². The molecule has 0 spiro atoms. The molecule has 0 atom stereocenters. The molecule has 1 aliphatic heterocycles. The van der Waals surface area contributed by atoms with Crippen molar-refractivity contribution < 1.29 is 4.79 Å². The van der Waals surface area contributed by atoms with Crippen LogP contribution in [0.3, 0.4) is 0 Å². The van der Waals surface area contributed by atoms with Gasteiger partial charge in [-0.1, -0.05) is 0 Å². The predicted octanol–water partition coefficient (Wildman–Crippen LogP) is 0.635. The molecule has 1 aromatic rings. The average molecular weight is 250 g/mol. The van der Waals surface area contributed by atoms with Gasteiger partial charge in [-0.05, 0) is 34.1 Å². The summed E-state index contributed by atoms with van der Waals surface area (Å²) in [5, 5.41) is 4.59. The zero-order valence-corrected chi connectivity index (χ0v) is 11.5. The van der Waals surface area contributed by atoms with Gasteiger partial charge in [0.25, 0.3) is 0 Å². The molecule has 0 bridgehead atoms. The van der Waals surface area contributed by atoms with E-state index in [0.29, 0.717) is 0 Å². The Kier molecular flexibility index (Phi) is 4.14. The van der Waals surface area contributed by atoms with Crippen molar-refractivity contribution in [3.05, 3.63) is 17.0 Å². The normalized spacial score (nSPS) is 16.0. The maximum atomic E-state index is 11.3. The highest BCUT2D eigenvalue weighted by molar-refractivity contribution is 5.75. The summed E-state index contributed by atoms with van der Waals surface area (Å²) in [5.74, 6) is 0. The van der Waals surface area contributed by atoms with E-state index in [1.165, 1.54) is 0 Å². The first kappa shape index (κ1) is 13.2. The first-order chi connectivity index (χ1) is 8.61. The Balaban J connectivity index is 2.13. The second-order valence-corrected chi connectivity index (χ2v) is 5.30. The number of aldehydes is 1. The van der Waals surface area contributed by atoms with Gasteiger partial charge in [0.1, 0.15) is 5.69 Å². The Morgan fingerprint density at radius 1 is 1.44 bits per heavy atom. The number of aryl methyl sites for hydroxylation is 1. The molecule has 0 unspecified atom stereocenters. The molecule has 0 amide bonds. The van der Waals surface area contributed by atoms with Gasteiger partial charge < -0.3 is 9.80 Å². The van der Waals surface area contributed by atoms with E-state index < -0.39 is 0 Å². The molecule has 100 valence electrons. The Bertz CT molecular complexity index is 425. The molecule has 18 heavy (non-hydrogen) atoms. The minimum absolute atomic E-state index is 0.773. The van der Waals surface area contributed by atoms with Crippen molar-refractivity contribution in [3.8, 4) is 0 Å². The Morgan fingerprint density at radius 2 is 2.22 bits per heavy atom. The van der Waals surface area contributed by atoms with Gasteiger partial charge in [-0.25, -0.2) is 0 Å². The maximum absolute atomic E-state index is 11.3. The molecule has 5 heteroatoms. The minimum Gasteiger partial charge on any atom is -0.309 e. The third-order valence-corrected chi connectivity index (χ3v) is 3.42. The molecule has 0 saturated carbocycles. The van der Waals surface area contributed by atoms with Crippen LogP contribution < -0.4 is 0 Å². The van der Waals surface area contributed by atoms with Crippen molar-refractivity contribution in [2.45, 2.75) is 25.9 Å². The fourth-order valence-corrected chi connectivity index (χ4v) is 2.42. The number of fused-ring (bicyclic) bond motifs is 1. The second kappa shape index (κ2) is 5.63. The largest absolute Gasteiger partial charge is 0.309 e. The first-order valence-corrected chi connectivity index (χ1v) is 6.49. The van der Waals surface area contributed by atoms with E-state index in [-0.39, 0.29) is 0 Å². The molecule has 0 aromatic carbocycles. The summed E-state index contributed by atoms with van der Waals surface area (Å²) in [5.41, 5.74) is 3.01. The quantitative estimate of drug-likeness (QED) is 0.719. The van der Waals surface area contributed by atoms with E-state index >= 15 is 0 Å². The molecule has 0 aliphatic carbocycles. The van der Waals surface area contributed by atoms with Crippen molar-refractivity contribution in [2.75, 3.05) is 34.2 Å². The summed E-state index contributed by atoms with van der Waals surface area (Å²) < 4.78 is 1.89. The summed E-state index contributed by atoms with van der Waals surface area (Å²) in [6, 6.07) is 0. The lowest BCUT2D eigenvalue weighted by Crippen LogP contribution is -2.26. The first-order valence-electron chi connectivity index (χ1n) is 6.49. The molecule has 5 nitrogen and oxygen atoms in total. The van der Waals surface area contributed by atoms with Crippen LogP contribution in [0.15, 0.2) is 0 Å². The summed E-state index contributed by atoms with van der Waals surface area (Å²) in [6.45, 7) is 3.71. The van der Waals surface area contributed by atoms with Gasteiger partial charge in [-0.2, -0.15) is 5.10 Å². The van der Waals surface area contributed by atoms with Crippen LogP contribution in [0.5, 0.6) is 0 Å². The van der Waals surface area contributed by atoms with Crippen LogP contribution in [-0.2, 0) is 19.5 Å². The van der Waals surface area contributed by atoms with Crippen molar-refractivity contribution in [3.63, 3.8) is 0 Å². The van der Waals surface area contributed by atoms with E-state index in [0.717, 1.165) is 62.3 Å². The predicted molar refractivity (Wildman–Crippen MR) is 70.8 cm³/mol. The average Bonchev–Trinajstić information content (AvgIpc) is 2.65. The third kappa shape index (κ3) is 2.79. The SMILES string of the molecule is CN(C)CCCn1nc2c(c1C=O)CN(C)CC2. The summed E-state index contributed by atoms with van der Waals surface area (Å²) in [6.07, 6.45) is 2.93. The number of nitrogens with zero attached hydrogens (tertiary/aromatic N) is 4. The molecule has 0 radical (unpaired) electrons. The Labute approximate surface area is 108 Å². The van der Waals surface area contributed by atoms with E-state index in [2.05, 4.69) is 36.0 Å². The monoisotopic (exact) mass is 250 g/mol. The molecule has 2 rings (SSSR count). The maximum Gasteiger partial charge on any atom is 0.168 e. The van der Waals surface area contributed by atoms with Crippen LogP contribution in [0.4, 0.5) is 0 Å². The highest BCUT2D eigenvalue weighted by Gasteiger charge is 2.22. The van der Waals surface area contributed by atoms with E-state index in [4.69, 9.17) is 0 Å². The summed E-state index contributed by atoms with van der Waals surface area (Å²) >= 11 is 0. The topological polar surface area (TPSA) is 41.4 Å². The lowest BCUT2D eigenvalue weighted by molar-refractivity contribution is 0.111. The van der Waals surface area contributed by atoms with Crippen LogP contribution in [0.2, 0.25) is 0 Å². The number of likely N-dealkylation sites (N-methyl/N-ethyl adjacent to an activating group) is 1. The Hall–Kier alpha value is -1.20. The zero-order valence-electron chi connectivity index (χ0n) is 11.5. The van der Waals surface area contributed by atoms with Crippen molar-refractivity contribution in [1.29, 1.82) is 0 Å². The smallest absolute Gasteiger partial charge is 0.168 e. The fourth-order valence-electron chi connectivity index (χ4n) is 2.42. The lowest BCUT2D eigenvalue weighted by Gasteiger charge is -2.21. The molecule has 0 fully saturated rings. The minimum atomic E-state index is 0.773. The third-order valence-electron chi connectivity index (χ3n) is 3.42. The molecule has 0 saturated heterocycles. The Morgan fingerprint density at radius 3 is 2.89 bits per heavy atom. The zero-order chi connectivity index (χ0) is 13.1. The fraction of sp³-hybridized carbons (Fsp3) is 0.692. The van der Waals surface area contributed by atoms with E-state index in [1.54, 1.807) is 0 Å². The van der Waals surface area contributed by atoms with E-state index in [9.17, 15) is 4.79 Å². The number of carbonyl (C=O) groups is 1. The molecule has 2 heterocycles. The molecular weight excluding hydrogens is 228 g/mol. The van der Waals surface area contributed by atoms with Gasteiger partial charge in [0.2, 0.25) is 0 Å². The van der Waals surface area contributed by atoms with Gasteiger partial charge >= 0.3 is 0 Å². The van der Waals surface area contributed by atoms with Gasteiger partial charge in [-0.3, -0.25) is 9.48 Å². The van der Waals surface area contributed by atoms with Crippen LogP contribution in [0.25, 0.3) is 0 Å². The lowest BCUT2D eigenvalue weighted by atomic mass is 10.1. The van der Waals surface area contributed by atoms with Gasteiger partial charge in [-0.15, -0.1) is 0 Å². The highest BCUT2D eigenvalue weighted by atomic mass is 16.1. The summed E-state index contributed by atoms with van der Waals surface area (Å²) in [4.78, 5) is 15.7. The van der Waals surface area contributed by atoms with Crippen molar-refractivity contribution in [2.24, 2.45) is 0 Å². The summed E-state index contributed by atoms with van der Waals surface area (Å²) in [7, 11) is 6.20. The van der Waals surface area contributed by atoms with Crippen molar-refractivity contribution in [1.82, 2.24) is 19.6 Å². The number of hydrogen-bond donors (Lipinski definition) is 0. The van der Waals surface area contributed by atoms with Gasteiger partial charge in [0.05, 0.1) is 5.69 Å².